The van der Waals surface area contributed by atoms with E-state index in [-0.39, 0.29) is 12.4 Å². The van der Waals surface area contributed by atoms with Crippen LogP contribution in [0.5, 0.6) is 11.5 Å². The Morgan fingerprint density at radius 3 is 2.52 bits per heavy atom. The van der Waals surface area contributed by atoms with Gasteiger partial charge < -0.3 is 14.2 Å². The van der Waals surface area contributed by atoms with Gasteiger partial charge in [0.15, 0.2) is 11.5 Å². The van der Waals surface area contributed by atoms with Crippen LogP contribution in [0.1, 0.15) is 21.8 Å². The van der Waals surface area contributed by atoms with Crippen molar-refractivity contribution in [1.82, 2.24) is 4.98 Å². The lowest BCUT2D eigenvalue weighted by atomic mass is 10.1. The first-order valence-corrected chi connectivity index (χ1v) is 9.66. The van der Waals surface area contributed by atoms with Crippen LogP contribution >= 0.6 is 11.3 Å². The normalized spacial score (nSPS) is 11.2. The number of rotatable bonds is 7. The second-order valence-electron chi connectivity index (χ2n) is 6.17. The third-order valence-electron chi connectivity index (χ3n) is 4.06. The molecule has 29 heavy (non-hydrogen) atoms. The van der Waals surface area contributed by atoms with Crippen molar-refractivity contribution >= 4 is 29.0 Å². The summed E-state index contributed by atoms with van der Waals surface area (Å²) in [5.74, 6) is 0.299. The lowest BCUT2D eigenvalue weighted by Crippen LogP contribution is -2.04. The van der Waals surface area contributed by atoms with Gasteiger partial charge in [0.25, 0.3) is 0 Å². The van der Waals surface area contributed by atoms with E-state index in [9.17, 15) is 9.18 Å². The summed E-state index contributed by atoms with van der Waals surface area (Å²) >= 11 is 1.38. The molecule has 0 aliphatic rings. The highest BCUT2D eigenvalue weighted by Gasteiger charge is 2.16. The van der Waals surface area contributed by atoms with Crippen molar-refractivity contribution in [2.45, 2.75) is 13.5 Å². The molecule has 7 heteroatoms. The Bertz CT molecular complexity index is 1030. The molecule has 0 spiro atoms. The van der Waals surface area contributed by atoms with E-state index in [1.807, 2.05) is 18.4 Å². The van der Waals surface area contributed by atoms with Crippen LogP contribution in [0.4, 0.5) is 4.39 Å². The zero-order valence-electron chi connectivity index (χ0n) is 16.3. The lowest BCUT2D eigenvalue weighted by Gasteiger charge is -2.12. The molecule has 0 saturated heterocycles. The highest BCUT2D eigenvalue weighted by molar-refractivity contribution is 7.11. The van der Waals surface area contributed by atoms with Gasteiger partial charge in [-0.15, -0.1) is 11.3 Å². The summed E-state index contributed by atoms with van der Waals surface area (Å²) < 4.78 is 29.2. The quantitative estimate of drug-likeness (QED) is 0.408. The third-order valence-corrected chi connectivity index (χ3v) is 5.05. The lowest BCUT2D eigenvalue weighted by molar-refractivity contribution is -0.133. The van der Waals surface area contributed by atoms with Crippen molar-refractivity contribution in [2.24, 2.45) is 0 Å². The highest BCUT2D eigenvalue weighted by atomic mass is 32.1. The first kappa shape index (κ1) is 20.5. The number of nitrogens with zero attached hydrogens (tertiary/aromatic N) is 1. The molecule has 0 atom stereocenters. The number of aromatic nitrogens is 1. The Hall–Kier alpha value is -3.19. The highest BCUT2D eigenvalue weighted by Crippen LogP contribution is 2.31. The predicted molar refractivity (Wildman–Crippen MR) is 110 cm³/mol. The number of esters is 1. The number of ether oxygens (including phenoxy) is 3. The number of benzene rings is 2. The molecule has 0 aliphatic carbocycles. The first-order chi connectivity index (χ1) is 14.0. The maximum Gasteiger partial charge on any atom is 0.340 e. The van der Waals surface area contributed by atoms with Crippen LogP contribution in [0.2, 0.25) is 0 Å². The number of hydrogen-bond acceptors (Lipinski definition) is 6. The Morgan fingerprint density at radius 1 is 1.14 bits per heavy atom. The monoisotopic (exact) mass is 413 g/mol. The van der Waals surface area contributed by atoms with Crippen LogP contribution in [0, 0.1) is 12.7 Å². The summed E-state index contributed by atoms with van der Waals surface area (Å²) in [7, 11) is 2.88. The minimum absolute atomic E-state index is 0.275. The fraction of sp³-hybridized carbons (Fsp3) is 0.182. The molecule has 0 unspecified atom stereocenters. The number of carbonyl (C=O) groups excluding carboxylic acids is 1. The minimum atomic E-state index is -0.463. The molecule has 1 heterocycles. The summed E-state index contributed by atoms with van der Waals surface area (Å²) in [6, 6.07) is 11.4. The van der Waals surface area contributed by atoms with Crippen LogP contribution in [-0.4, -0.2) is 25.2 Å². The van der Waals surface area contributed by atoms with Crippen molar-refractivity contribution in [3.05, 3.63) is 75.5 Å². The van der Waals surface area contributed by atoms with Crippen LogP contribution in [0.3, 0.4) is 0 Å². The minimum Gasteiger partial charge on any atom is -0.493 e. The van der Waals surface area contributed by atoms with Gasteiger partial charge in [0.05, 0.1) is 19.8 Å². The molecular formula is C22H20FNO4S. The maximum atomic E-state index is 13.0. The Morgan fingerprint density at radius 2 is 1.90 bits per heavy atom. The largest absolute Gasteiger partial charge is 0.493 e. The summed E-state index contributed by atoms with van der Waals surface area (Å²) in [6.45, 7) is 2.14. The summed E-state index contributed by atoms with van der Waals surface area (Å²) in [5.41, 5.74) is 2.78. The number of methoxy groups -OCH3 is 2. The molecule has 150 valence electrons. The zero-order valence-corrected chi connectivity index (χ0v) is 17.1. The van der Waals surface area contributed by atoms with Gasteiger partial charge in [-0.3, -0.25) is 0 Å². The van der Waals surface area contributed by atoms with E-state index < -0.39 is 5.97 Å². The van der Waals surface area contributed by atoms with Gasteiger partial charge in [0.1, 0.15) is 17.4 Å². The summed E-state index contributed by atoms with van der Waals surface area (Å²) in [6.07, 6.45) is 1.70. The Balaban J connectivity index is 1.85. The Labute approximate surface area is 172 Å². The molecular weight excluding hydrogens is 393 g/mol. The van der Waals surface area contributed by atoms with Crippen molar-refractivity contribution in [3.8, 4) is 11.5 Å². The summed E-state index contributed by atoms with van der Waals surface area (Å²) in [4.78, 5) is 16.6. The van der Waals surface area contributed by atoms with E-state index in [2.05, 4.69) is 4.98 Å². The second kappa shape index (κ2) is 9.34. The van der Waals surface area contributed by atoms with Gasteiger partial charge in [0, 0.05) is 11.1 Å². The third kappa shape index (κ3) is 5.20. The molecule has 3 aromatic rings. The molecule has 1 aromatic heterocycles. The standard InChI is InChI=1S/C22H20FNO4S/c1-14-13-29-21(24-14)18(22(25)27-3)10-16-6-9-19(20(11-16)26-2)28-12-15-4-7-17(23)8-5-15/h4-11,13H,12H2,1-3H3/b18-10-. The fourth-order valence-corrected chi connectivity index (χ4v) is 3.40. The second-order valence-corrected chi connectivity index (χ2v) is 7.03. The topological polar surface area (TPSA) is 57.7 Å². The molecule has 0 N–H and O–H groups in total. The molecule has 0 saturated carbocycles. The zero-order chi connectivity index (χ0) is 20.8. The maximum absolute atomic E-state index is 13.0. The van der Waals surface area contributed by atoms with E-state index in [1.165, 1.54) is 30.6 Å². The van der Waals surface area contributed by atoms with Crippen molar-refractivity contribution in [2.75, 3.05) is 14.2 Å². The first-order valence-electron chi connectivity index (χ1n) is 8.78. The van der Waals surface area contributed by atoms with Crippen LogP contribution in [-0.2, 0) is 16.1 Å². The molecule has 5 nitrogen and oxygen atoms in total. The number of halogens is 1. The molecule has 0 aliphatic heterocycles. The van der Waals surface area contributed by atoms with E-state index in [1.54, 1.807) is 37.5 Å². The van der Waals surface area contributed by atoms with Crippen molar-refractivity contribution in [3.63, 3.8) is 0 Å². The van der Waals surface area contributed by atoms with Crippen LogP contribution in [0.25, 0.3) is 11.6 Å². The van der Waals surface area contributed by atoms with Crippen molar-refractivity contribution in [1.29, 1.82) is 0 Å². The predicted octanol–water partition coefficient (Wildman–Crippen LogP) is 4.89. The average molecular weight is 413 g/mol. The SMILES string of the molecule is COC(=O)/C(=C\c1ccc(OCc2ccc(F)cc2)c(OC)c1)c1nc(C)cs1. The van der Waals surface area contributed by atoms with Gasteiger partial charge in [0.2, 0.25) is 0 Å². The molecule has 0 radical (unpaired) electrons. The fourth-order valence-electron chi connectivity index (χ4n) is 2.60. The van der Waals surface area contributed by atoms with Gasteiger partial charge in [-0.05, 0) is 48.4 Å². The molecule has 3 rings (SSSR count). The van der Waals surface area contributed by atoms with Gasteiger partial charge in [-0.25, -0.2) is 14.2 Å². The van der Waals surface area contributed by atoms with Gasteiger partial charge in [-0.1, -0.05) is 18.2 Å². The number of thiazole rings is 1. The molecule has 0 fully saturated rings. The molecule has 0 bridgehead atoms. The number of aryl methyl sites for hydroxylation is 1. The van der Waals surface area contributed by atoms with Gasteiger partial charge in [-0.2, -0.15) is 0 Å². The smallest absolute Gasteiger partial charge is 0.340 e. The molecule has 0 amide bonds. The van der Waals surface area contributed by atoms with E-state index >= 15 is 0 Å². The van der Waals surface area contributed by atoms with E-state index in [4.69, 9.17) is 14.2 Å². The Kier molecular flexibility index (Phi) is 6.61. The van der Waals surface area contributed by atoms with Gasteiger partial charge >= 0.3 is 5.97 Å². The summed E-state index contributed by atoms with van der Waals surface area (Å²) in [5, 5.41) is 2.46. The average Bonchev–Trinajstić information content (AvgIpc) is 3.17. The van der Waals surface area contributed by atoms with E-state index in [0.717, 1.165) is 16.8 Å². The number of carbonyl (C=O) groups is 1. The van der Waals surface area contributed by atoms with Crippen molar-refractivity contribution < 1.29 is 23.4 Å². The van der Waals surface area contributed by atoms with Crippen LogP contribution < -0.4 is 9.47 Å². The molecule has 2 aromatic carbocycles. The van der Waals surface area contributed by atoms with E-state index in [0.29, 0.717) is 22.1 Å². The van der Waals surface area contributed by atoms with Crippen LogP contribution in [0.15, 0.2) is 47.8 Å². The number of hydrogen-bond donors (Lipinski definition) is 0.